The molecule has 1 N–H and O–H groups in total. The quantitative estimate of drug-likeness (QED) is 0.924. The largest absolute Gasteiger partial charge is 0.481 e. The smallest absolute Gasteiger partial charge is 0.307 e. The van der Waals surface area contributed by atoms with Gasteiger partial charge in [0.1, 0.15) is 0 Å². The molecule has 0 amide bonds. The van der Waals surface area contributed by atoms with Gasteiger partial charge in [0, 0.05) is 24.7 Å². The normalized spacial score (nSPS) is 25.4. The number of carboxylic acid groups (broad SMARTS) is 1. The summed E-state index contributed by atoms with van der Waals surface area (Å²) in [5, 5.41) is 9.97. The molecule has 1 heterocycles. The molecule has 0 aliphatic carbocycles. The topological polar surface area (TPSA) is 40.5 Å². The number of halogens is 1. The fourth-order valence-electron chi connectivity index (χ4n) is 3.10. The molecule has 0 radical (unpaired) electrons. The van der Waals surface area contributed by atoms with E-state index in [0.717, 1.165) is 24.5 Å². The highest BCUT2D eigenvalue weighted by Crippen LogP contribution is 2.25. The van der Waals surface area contributed by atoms with Crippen LogP contribution in [0.25, 0.3) is 0 Å². The summed E-state index contributed by atoms with van der Waals surface area (Å²) in [6, 6.07) is 7.92. The molecule has 3 unspecified atom stereocenters. The van der Waals surface area contributed by atoms with Crippen LogP contribution in [0, 0.1) is 11.8 Å². The lowest BCUT2D eigenvalue weighted by atomic mass is 9.89. The summed E-state index contributed by atoms with van der Waals surface area (Å²) in [5.74, 6) is -0.105. The molecule has 0 aromatic heterocycles. The highest BCUT2D eigenvalue weighted by Gasteiger charge is 2.30. The Hall–Kier alpha value is -1.06. The van der Waals surface area contributed by atoms with Gasteiger partial charge in [-0.15, -0.1) is 0 Å². The van der Waals surface area contributed by atoms with Crippen molar-refractivity contribution < 1.29 is 9.90 Å². The fourth-order valence-corrected chi connectivity index (χ4v) is 3.29. The lowest BCUT2D eigenvalue weighted by molar-refractivity contribution is -0.144. The molecule has 3 atom stereocenters. The van der Waals surface area contributed by atoms with Crippen LogP contribution in [0.3, 0.4) is 0 Å². The minimum Gasteiger partial charge on any atom is -0.481 e. The number of carbonyl (C=O) groups is 1. The summed E-state index contributed by atoms with van der Waals surface area (Å²) in [5.41, 5.74) is 1.21. The van der Waals surface area contributed by atoms with Gasteiger partial charge in [0.2, 0.25) is 0 Å². The third-order valence-electron chi connectivity index (χ3n) is 4.03. The molecular formula is C16H22ClNO2. The number of rotatable bonds is 4. The van der Waals surface area contributed by atoms with Crippen LogP contribution in [-0.2, 0) is 4.79 Å². The van der Waals surface area contributed by atoms with E-state index in [1.807, 2.05) is 18.2 Å². The molecule has 1 fully saturated rings. The first-order valence-corrected chi connectivity index (χ1v) is 7.54. The van der Waals surface area contributed by atoms with Gasteiger partial charge in [-0.2, -0.15) is 0 Å². The second-order valence-electron chi connectivity index (χ2n) is 6.05. The summed E-state index contributed by atoms with van der Waals surface area (Å²) in [7, 11) is 0. The van der Waals surface area contributed by atoms with Crippen LogP contribution in [-0.4, -0.2) is 35.6 Å². The first-order chi connectivity index (χ1) is 9.45. The average Bonchev–Trinajstić information content (AvgIpc) is 2.37. The van der Waals surface area contributed by atoms with Gasteiger partial charge >= 0.3 is 5.97 Å². The number of aliphatic carboxylic acids is 1. The van der Waals surface area contributed by atoms with Gasteiger partial charge in [0.05, 0.1) is 5.92 Å². The van der Waals surface area contributed by atoms with Crippen LogP contribution in [0.5, 0.6) is 0 Å². The van der Waals surface area contributed by atoms with Crippen LogP contribution in [0.15, 0.2) is 24.3 Å². The molecule has 4 heteroatoms. The maximum Gasteiger partial charge on any atom is 0.307 e. The maximum absolute atomic E-state index is 11.2. The van der Waals surface area contributed by atoms with Crippen LogP contribution in [0.4, 0.5) is 0 Å². The van der Waals surface area contributed by atoms with Gasteiger partial charge < -0.3 is 10.0 Å². The SMILES string of the molecule is CC1CC(C(=O)O)CN(CC(C)c2cccc(Cl)c2)C1. The van der Waals surface area contributed by atoms with E-state index in [1.54, 1.807) is 0 Å². The van der Waals surface area contributed by atoms with Gasteiger partial charge in [-0.1, -0.05) is 37.6 Å². The van der Waals surface area contributed by atoms with Gasteiger partial charge in [-0.25, -0.2) is 0 Å². The fraction of sp³-hybridized carbons (Fsp3) is 0.562. The molecule has 1 aromatic rings. The van der Waals surface area contributed by atoms with E-state index >= 15 is 0 Å². The lowest BCUT2D eigenvalue weighted by Gasteiger charge is -2.36. The van der Waals surface area contributed by atoms with Crippen molar-refractivity contribution in [3.05, 3.63) is 34.9 Å². The van der Waals surface area contributed by atoms with E-state index in [1.165, 1.54) is 5.56 Å². The summed E-state index contributed by atoms with van der Waals surface area (Å²) < 4.78 is 0. The number of piperidine rings is 1. The summed E-state index contributed by atoms with van der Waals surface area (Å²) in [6.45, 7) is 6.82. The zero-order valence-electron chi connectivity index (χ0n) is 12.1. The third-order valence-corrected chi connectivity index (χ3v) is 4.27. The number of likely N-dealkylation sites (tertiary alicyclic amines) is 1. The average molecular weight is 296 g/mol. The van der Waals surface area contributed by atoms with E-state index in [9.17, 15) is 9.90 Å². The molecule has 20 heavy (non-hydrogen) atoms. The summed E-state index contributed by atoms with van der Waals surface area (Å²) >= 11 is 6.03. The molecule has 0 bridgehead atoms. The predicted octanol–water partition coefficient (Wildman–Crippen LogP) is 3.49. The molecular weight excluding hydrogens is 274 g/mol. The molecule has 1 aliphatic heterocycles. The monoisotopic (exact) mass is 295 g/mol. The zero-order chi connectivity index (χ0) is 14.7. The lowest BCUT2D eigenvalue weighted by Crippen LogP contribution is -2.43. The van der Waals surface area contributed by atoms with Crippen LogP contribution < -0.4 is 0 Å². The number of hydrogen-bond donors (Lipinski definition) is 1. The Kier molecular flexibility index (Phi) is 5.06. The van der Waals surface area contributed by atoms with Gasteiger partial charge in [-0.05, 0) is 36.0 Å². The van der Waals surface area contributed by atoms with Crippen LogP contribution in [0.2, 0.25) is 5.02 Å². The van der Waals surface area contributed by atoms with Crippen LogP contribution in [0.1, 0.15) is 31.7 Å². The maximum atomic E-state index is 11.2. The Morgan fingerprint density at radius 3 is 2.90 bits per heavy atom. The van der Waals surface area contributed by atoms with Crippen LogP contribution >= 0.6 is 11.6 Å². The standard InChI is InChI=1S/C16H22ClNO2/c1-11-6-14(16(19)20)10-18(8-11)9-12(2)13-4-3-5-15(17)7-13/h3-5,7,11-12,14H,6,8-10H2,1-2H3,(H,19,20). The Bertz CT molecular complexity index is 477. The highest BCUT2D eigenvalue weighted by atomic mass is 35.5. The number of hydrogen-bond acceptors (Lipinski definition) is 2. The molecule has 0 spiro atoms. The van der Waals surface area contributed by atoms with Crippen molar-refractivity contribution in [2.75, 3.05) is 19.6 Å². The van der Waals surface area contributed by atoms with Crippen molar-refractivity contribution in [2.24, 2.45) is 11.8 Å². The number of nitrogens with zero attached hydrogens (tertiary/aromatic N) is 1. The van der Waals surface area contributed by atoms with E-state index in [0.29, 0.717) is 18.4 Å². The number of carboxylic acids is 1. The Morgan fingerprint density at radius 1 is 1.50 bits per heavy atom. The van der Waals surface area contributed by atoms with Gasteiger partial charge in [0.15, 0.2) is 0 Å². The second kappa shape index (κ2) is 6.59. The molecule has 0 saturated carbocycles. The van der Waals surface area contributed by atoms with Crippen molar-refractivity contribution in [3.8, 4) is 0 Å². The Morgan fingerprint density at radius 2 is 2.25 bits per heavy atom. The van der Waals surface area contributed by atoms with E-state index < -0.39 is 5.97 Å². The van der Waals surface area contributed by atoms with Crippen molar-refractivity contribution in [3.63, 3.8) is 0 Å². The minimum absolute atomic E-state index is 0.231. The number of benzene rings is 1. The van der Waals surface area contributed by atoms with Crippen molar-refractivity contribution in [2.45, 2.75) is 26.2 Å². The summed E-state index contributed by atoms with van der Waals surface area (Å²) in [6.07, 6.45) is 0.789. The van der Waals surface area contributed by atoms with Gasteiger partial charge in [-0.3, -0.25) is 4.79 Å². The van der Waals surface area contributed by atoms with Crippen molar-refractivity contribution in [1.82, 2.24) is 4.90 Å². The first kappa shape index (κ1) is 15.3. The molecule has 3 nitrogen and oxygen atoms in total. The first-order valence-electron chi connectivity index (χ1n) is 7.16. The molecule has 1 aliphatic rings. The van der Waals surface area contributed by atoms with Gasteiger partial charge in [0.25, 0.3) is 0 Å². The van der Waals surface area contributed by atoms with E-state index in [-0.39, 0.29) is 5.92 Å². The molecule has 1 aromatic carbocycles. The Labute approximate surface area is 125 Å². The Balaban J connectivity index is 1.99. The minimum atomic E-state index is -0.669. The van der Waals surface area contributed by atoms with E-state index in [2.05, 4.69) is 24.8 Å². The van der Waals surface area contributed by atoms with Crippen molar-refractivity contribution in [1.29, 1.82) is 0 Å². The summed E-state index contributed by atoms with van der Waals surface area (Å²) in [4.78, 5) is 13.5. The predicted molar refractivity (Wildman–Crippen MR) is 81.2 cm³/mol. The highest BCUT2D eigenvalue weighted by molar-refractivity contribution is 6.30. The zero-order valence-corrected chi connectivity index (χ0v) is 12.8. The second-order valence-corrected chi connectivity index (χ2v) is 6.49. The molecule has 110 valence electrons. The van der Waals surface area contributed by atoms with E-state index in [4.69, 9.17) is 11.6 Å². The molecule has 1 saturated heterocycles. The molecule has 2 rings (SSSR count). The van der Waals surface area contributed by atoms with Crippen molar-refractivity contribution >= 4 is 17.6 Å². The third kappa shape index (κ3) is 3.97.